The Morgan fingerprint density at radius 1 is 0.824 bits per heavy atom. The minimum absolute atomic E-state index is 0.219. The highest BCUT2D eigenvalue weighted by atomic mass is 31.2. The second-order valence-corrected chi connectivity index (χ2v) is 9.72. The van der Waals surface area contributed by atoms with E-state index in [1.54, 1.807) is 32.1 Å². The number of amides is 1. The van der Waals surface area contributed by atoms with Gasteiger partial charge in [0.05, 0.1) is 24.6 Å². The minimum atomic E-state index is -3.65. The fraction of sp³-hybridized carbons (Fsp3) is 0.185. The molecule has 34 heavy (non-hydrogen) atoms. The molecular weight excluding hydrogens is 447 g/mol. The number of hydrogen-bond donors (Lipinski definition) is 0. The van der Waals surface area contributed by atoms with Crippen molar-refractivity contribution in [3.8, 4) is 0 Å². The quantitative estimate of drug-likeness (QED) is 0.363. The van der Waals surface area contributed by atoms with Gasteiger partial charge in [0, 0.05) is 11.1 Å². The molecule has 0 saturated carbocycles. The Hall–Kier alpha value is -3.31. The molecule has 1 atom stereocenters. The molecule has 0 aromatic heterocycles. The Morgan fingerprint density at radius 3 is 1.85 bits per heavy atom. The van der Waals surface area contributed by atoms with Crippen LogP contribution in [-0.2, 0) is 13.6 Å². The van der Waals surface area contributed by atoms with Gasteiger partial charge in [0.15, 0.2) is 0 Å². The Kier molecular flexibility index (Phi) is 7.53. The van der Waals surface area contributed by atoms with Crippen molar-refractivity contribution in [1.82, 2.24) is 5.01 Å². The SMILES string of the molecule is CCOP(=O)(OCC)C1C=C(c2ccccc2)N(C(=O)c2ccccc2)N=C1c1ccccc1. The lowest BCUT2D eigenvalue weighted by atomic mass is 10.0. The van der Waals surface area contributed by atoms with Crippen LogP contribution in [0.2, 0.25) is 0 Å². The summed E-state index contributed by atoms with van der Waals surface area (Å²) >= 11 is 0. The summed E-state index contributed by atoms with van der Waals surface area (Å²) in [6.45, 7) is 4.00. The molecule has 0 spiro atoms. The molecule has 0 fully saturated rings. The monoisotopic (exact) mass is 474 g/mol. The van der Waals surface area contributed by atoms with Crippen LogP contribution in [0.3, 0.4) is 0 Å². The lowest BCUT2D eigenvalue weighted by molar-refractivity contribution is 0.0836. The van der Waals surface area contributed by atoms with Crippen LogP contribution in [0, 0.1) is 0 Å². The first kappa shape index (κ1) is 23.8. The summed E-state index contributed by atoms with van der Waals surface area (Å²) in [6.07, 6.45) is 1.79. The molecule has 1 aliphatic heterocycles. The molecule has 0 aliphatic carbocycles. The molecule has 1 unspecified atom stereocenters. The molecule has 174 valence electrons. The zero-order valence-electron chi connectivity index (χ0n) is 19.2. The van der Waals surface area contributed by atoms with Gasteiger partial charge in [-0.2, -0.15) is 10.1 Å². The van der Waals surface area contributed by atoms with Crippen LogP contribution in [0.25, 0.3) is 5.70 Å². The van der Waals surface area contributed by atoms with E-state index in [1.807, 2.05) is 78.9 Å². The number of benzene rings is 3. The normalized spacial score (nSPS) is 16.1. The summed E-state index contributed by atoms with van der Waals surface area (Å²) in [5, 5.41) is 6.18. The predicted molar refractivity (Wildman–Crippen MR) is 135 cm³/mol. The first-order chi connectivity index (χ1) is 16.6. The predicted octanol–water partition coefficient (Wildman–Crippen LogP) is 6.22. The van der Waals surface area contributed by atoms with Crippen molar-refractivity contribution < 1.29 is 18.4 Å². The highest BCUT2D eigenvalue weighted by Crippen LogP contribution is 2.56. The van der Waals surface area contributed by atoms with Crippen LogP contribution < -0.4 is 0 Å². The average Bonchev–Trinajstić information content (AvgIpc) is 2.89. The molecule has 3 aromatic carbocycles. The van der Waals surface area contributed by atoms with E-state index < -0.39 is 13.3 Å². The Bertz CT molecular complexity index is 1220. The Morgan fingerprint density at radius 2 is 1.32 bits per heavy atom. The molecule has 0 saturated heterocycles. The topological polar surface area (TPSA) is 68.2 Å². The van der Waals surface area contributed by atoms with Gasteiger partial charge in [0.25, 0.3) is 5.91 Å². The summed E-state index contributed by atoms with van der Waals surface area (Å²) in [6, 6.07) is 27.8. The van der Waals surface area contributed by atoms with E-state index in [0.29, 0.717) is 17.0 Å². The third-order valence-electron chi connectivity index (χ3n) is 5.34. The second kappa shape index (κ2) is 10.7. The van der Waals surface area contributed by atoms with Gasteiger partial charge in [-0.05, 0) is 37.6 Å². The number of carbonyl (C=O) groups is 1. The van der Waals surface area contributed by atoms with Crippen molar-refractivity contribution in [2.24, 2.45) is 5.10 Å². The van der Waals surface area contributed by atoms with Crippen LogP contribution in [0.5, 0.6) is 0 Å². The first-order valence-electron chi connectivity index (χ1n) is 11.3. The summed E-state index contributed by atoms with van der Waals surface area (Å²) in [5.41, 5.74) is 2.20. The van der Waals surface area contributed by atoms with Gasteiger partial charge in [-0.3, -0.25) is 9.36 Å². The van der Waals surface area contributed by atoms with Crippen molar-refractivity contribution in [1.29, 1.82) is 0 Å². The van der Waals surface area contributed by atoms with Crippen molar-refractivity contribution in [2.75, 3.05) is 13.2 Å². The highest BCUT2D eigenvalue weighted by molar-refractivity contribution is 7.56. The third-order valence-corrected chi connectivity index (χ3v) is 7.65. The number of hydrazone groups is 1. The van der Waals surface area contributed by atoms with E-state index >= 15 is 0 Å². The molecule has 1 heterocycles. The lowest BCUT2D eigenvalue weighted by Crippen LogP contribution is -2.35. The van der Waals surface area contributed by atoms with Gasteiger partial charge in [0.1, 0.15) is 5.66 Å². The minimum Gasteiger partial charge on any atom is -0.308 e. The van der Waals surface area contributed by atoms with Crippen molar-refractivity contribution in [3.63, 3.8) is 0 Å². The van der Waals surface area contributed by atoms with Crippen LogP contribution in [0.4, 0.5) is 0 Å². The number of allylic oxidation sites excluding steroid dienone is 1. The molecule has 0 N–H and O–H groups in total. The number of nitrogens with zero attached hydrogens (tertiary/aromatic N) is 2. The fourth-order valence-electron chi connectivity index (χ4n) is 3.84. The van der Waals surface area contributed by atoms with Crippen LogP contribution in [0.1, 0.15) is 35.3 Å². The molecule has 1 amide bonds. The van der Waals surface area contributed by atoms with Crippen LogP contribution >= 0.6 is 7.60 Å². The van der Waals surface area contributed by atoms with Crippen molar-refractivity contribution in [3.05, 3.63) is 114 Å². The average molecular weight is 474 g/mol. The van der Waals surface area contributed by atoms with Crippen molar-refractivity contribution in [2.45, 2.75) is 19.5 Å². The molecule has 0 bridgehead atoms. The molecular formula is C27H27N2O4P. The van der Waals surface area contributed by atoms with Crippen LogP contribution in [0.15, 0.2) is 102 Å². The zero-order valence-corrected chi connectivity index (χ0v) is 20.1. The Balaban J connectivity index is 1.93. The molecule has 4 rings (SSSR count). The van der Waals surface area contributed by atoms with E-state index in [1.165, 1.54) is 5.01 Å². The summed E-state index contributed by atoms with van der Waals surface area (Å²) in [4.78, 5) is 13.6. The summed E-state index contributed by atoms with van der Waals surface area (Å²) < 4.78 is 25.5. The maximum atomic E-state index is 14.0. The van der Waals surface area contributed by atoms with E-state index in [2.05, 4.69) is 0 Å². The largest absolute Gasteiger partial charge is 0.343 e. The van der Waals surface area contributed by atoms with Gasteiger partial charge >= 0.3 is 7.60 Å². The van der Waals surface area contributed by atoms with Gasteiger partial charge in [0.2, 0.25) is 0 Å². The number of hydrogen-bond acceptors (Lipinski definition) is 5. The fourth-order valence-corrected chi connectivity index (χ4v) is 5.78. The maximum absolute atomic E-state index is 14.0. The first-order valence-corrected chi connectivity index (χ1v) is 12.9. The van der Waals surface area contributed by atoms with Crippen molar-refractivity contribution >= 4 is 24.9 Å². The molecule has 0 radical (unpaired) electrons. The highest BCUT2D eigenvalue weighted by Gasteiger charge is 2.42. The van der Waals surface area contributed by atoms with Gasteiger partial charge in [-0.25, -0.2) is 0 Å². The summed E-state index contributed by atoms with van der Waals surface area (Å²) in [5.74, 6) is -0.287. The molecule has 3 aromatic rings. The summed E-state index contributed by atoms with van der Waals surface area (Å²) in [7, 11) is -3.65. The van der Waals surface area contributed by atoms with Crippen LogP contribution in [-0.4, -0.2) is 35.5 Å². The van der Waals surface area contributed by atoms with Gasteiger partial charge in [-0.1, -0.05) is 78.9 Å². The molecule has 6 nitrogen and oxygen atoms in total. The lowest BCUT2D eigenvalue weighted by Gasteiger charge is -2.33. The number of rotatable bonds is 8. The number of carbonyl (C=O) groups excluding carboxylic acids is 1. The van der Waals surface area contributed by atoms with E-state index in [-0.39, 0.29) is 19.1 Å². The molecule has 7 heteroatoms. The van der Waals surface area contributed by atoms with E-state index in [9.17, 15) is 9.36 Å². The van der Waals surface area contributed by atoms with Gasteiger partial charge < -0.3 is 9.05 Å². The Labute approximate surface area is 200 Å². The van der Waals surface area contributed by atoms with Gasteiger partial charge in [-0.15, -0.1) is 0 Å². The molecule has 1 aliphatic rings. The van der Waals surface area contributed by atoms with E-state index in [0.717, 1.165) is 11.1 Å². The smallest absolute Gasteiger partial charge is 0.308 e. The third kappa shape index (κ3) is 4.95. The maximum Gasteiger partial charge on any atom is 0.343 e. The second-order valence-electron chi connectivity index (χ2n) is 7.57. The standard InChI is InChI=1S/C27H27N2O4P/c1-3-32-34(31,33-4-2)25-20-24(21-14-8-5-9-15-21)29(27(30)23-18-12-7-13-19-23)28-26(25)22-16-10-6-11-17-22/h5-20,25H,3-4H2,1-2H3. The van der Waals surface area contributed by atoms with E-state index in [4.69, 9.17) is 14.1 Å². The zero-order chi connectivity index (χ0) is 24.0.